The minimum Gasteiger partial charge on any atom is -0.480 e. The summed E-state index contributed by atoms with van der Waals surface area (Å²) in [6.07, 6.45) is 9.80. The average Bonchev–Trinajstić information content (AvgIpc) is 3.16. The third-order valence-corrected chi connectivity index (χ3v) is 4.82. The number of nitrogens with one attached hydrogen (secondary N) is 2. The number of hydrogen-bond donors (Lipinski definition) is 2. The van der Waals surface area contributed by atoms with Crippen LogP contribution in [0.25, 0.3) is 5.69 Å². The molecule has 1 fully saturated rings. The van der Waals surface area contributed by atoms with E-state index < -0.39 is 0 Å². The van der Waals surface area contributed by atoms with Crippen molar-refractivity contribution >= 4 is 11.6 Å². The second kappa shape index (κ2) is 8.08. The van der Waals surface area contributed by atoms with Gasteiger partial charge in [-0.1, -0.05) is 6.07 Å². The van der Waals surface area contributed by atoms with Gasteiger partial charge < -0.3 is 15.4 Å². The summed E-state index contributed by atoms with van der Waals surface area (Å²) in [6, 6.07) is 9.56. The lowest BCUT2D eigenvalue weighted by molar-refractivity contribution is 0.396. The summed E-state index contributed by atoms with van der Waals surface area (Å²) in [5.41, 5.74) is 0.677. The van der Waals surface area contributed by atoms with Gasteiger partial charge in [0.1, 0.15) is 11.6 Å². The molecule has 144 valence electrons. The molecule has 0 bridgehead atoms. The highest BCUT2D eigenvalue weighted by atomic mass is 16.5. The summed E-state index contributed by atoms with van der Waals surface area (Å²) >= 11 is 0. The second-order valence-electron chi connectivity index (χ2n) is 6.75. The molecule has 28 heavy (non-hydrogen) atoms. The maximum atomic E-state index is 11.9. The van der Waals surface area contributed by atoms with Crippen LogP contribution in [0.3, 0.4) is 0 Å². The normalized spacial score (nSPS) is 18.6. The number of nitrogens with zero attached hydrogens (tertiary/aromatic N) is 4. The Bertz CT molecular complexity index is 971. The van der Waals surface area contributed by atoms with E-state index in [9.17, 15) is 4.79 Å². The van der Waals surface area contributed by atoms with Gasteiger partial charge >= 0.3 is 0 Å². The van der Waals surface area contributed by atoms with Gasteiger partial charge in [-0.25, -0.2) is 15.0 Å². The van der Waals surface area contributed by atoms with E-state index in [1.54, 1.807) is 42.5 Å². The van der Waals surface area contributed by atoms with Crippen LogP contribution in [-0.2, 0) is 0 Å². The van der Waals surface area contributed by atoms with Crippen molar-refractivity contribution in [1.82, 2.24) is 19.5 Å². The molecule has 2 N–H and O–H groups in total. The molecule has 0 radical (unpaired) electrons. The van der Waals surface area contributed by atoms with Gasteiger partial charge in [0.15, 0.2) is 0 Å². The van der Waals surface area contributed by atoms with E-state index in [2.05, 4.69) is 25.6 Å². The SMILES string of the molecule is COc1cnc(N[C@H]2CC[C@H](Nc3ccc(-n4ccccc4=O)cn3)C2)cn1. The van der Waals surface area contributed by atoms with Gasteiger partial charge in [-0.05, 0) is 37.5 Å². The predicted molar refractivity (Wildman–Crippen MR) is 107 cm³/mol. The van der Waals surface area contributed by atoms with Crippen molar-refractivity contribution in [2.75, 3.05) is 17.7 Å². The molecule has 8 nitrogen and oxygen atoms in total. The molecule has 3 aromatic rings. The fraction of sp³-hybridized carbons (Fsp3) is 0.300. The molecule has 1 saturated carbocycles. The molecule has 3 heterocycles. The maximum Gasteiger partial charge on any atom is 0.255 e. The van der Waals surface area contributed by atoms with Crippen molar-refractivity contribution in [1.29, 1.82) is 0 Å². The maximum absolute atomic E-state index is 11.9. The van der Waals surface area contributed by atoms with Crippen LogP contribution in [0.4, 0.5) is 11.6 Å². The topological polar surface area (TPSA) is 94.0 Å². The van der Waals surface area contributed by atoms with Gasteiger partial charge in [0, 0.05) is 24.3 Å². The van der Waals surface area contributed by atoms with E-state index in [0.29, 0.717) is 18.0 Å². The largest absolute Gasteiger partial charge is 0.480 e. The van der Waals surface area contributed by atoms with Crippen molar-refractivity contribution < 1.29 is 4.74 Å². The molecule has 0 saturated heterocycles. The quantitative estimate of drug-likeness (QED) is 0.680. The molecular weight excluding hydrogens is 356 g/mol. The zero-order valence-electron chi connectivity index (χ0n) is 15.6. The molecule has 0 spiro atoms. The molecule has 0 aliphatic heterocycles. The van der Waals surface area contributed by atoms with Gasteiger partial charge in [0.05, 0.1) is 31.4 Å². The van der Waals surface area contributed by atoms with Crippen LogP contribution in [0.2, 0.25) is 0 Å². The summed E-state index contributed by atoms with van der Waals surface area (Å²) in [4.78, 5) is 24.8. The first kappa shape index (κ1) is 18.0. The monoisotopic (exact) mass is 378 g/mol. The molecule has 1 aliphatic carbocycles. The van der Waals surface area contributed by atoms with Crippen LogP contribution < -0.4 is 20.9 Å². The van der Waals surface area contributed by atoms with Crippen molar-refractivity contribution in [2.45, 2.75) is 31.3 Å². The number of aromatic nitrogens is 4. The number of methoxy groups -OCH3 is 1. The molecule has 3 aromatic heterocycles. The number of pyridine rings is 2. The van der Waals surface area contributed by atoms with E-state index in [1.807, 2.05) is 18.2 Å². The molecular formula is C20H22N6O2. The van der Waals surface area contributed by atoms with Gasteiger partial charge in [0.25, 0.3) is 5.56 Å². The third kappa shape index (κ3) is 4.11. The second-order valence-corrected chi connectivity index (χ2v) is 6.75. The molecule has 1 aliphatic rings. The van der Waals surface area contributed by atoms with Crippen molar-refractivity contribution in [3.63, 3.8) is 0 Å². The average molecular weight is 378 g/mol. The zero-order valence-corrected chi connectivity index (χ0v) is 15.6. The van der Waals surface area contributed by atoms with Crippen LogP contribution in [-0.4, -0.2) is 38.7 Å². The Balaban J connectivity index is 1.34. The lowest BCUT2D eigenvalue weighted by Gasteiger charge is -2.16. The van der Waals surface area contributed by atoms with Crippen LogP contribution in [0, 0.1) is 0 Å². The zero-order chi connectivity index (χ0) is 19.3. The fourth-order valence-corrected chi connectivity index (χ4v) is 3.41. The Morgan fingerprint density at radius 1 is 0.964 bits per heavy atom. The smallest absolute Gasteiger partial charge is 0.255 e. The molecule has 0 aromatic carbocycles. The van der Waals surface area contributed by atoms with Gasteiger partial charge in [-0.2, -0.15) is 0 Å². The van der Waals surface area contributed by atoms with E-state index in [0.717, 1.165) is 36.6 Å². The first-order valence-electron chi connectivity index (χ1n) is 9.24. The number of ether oxygens (including phenoxy) is 1. The van der Waals surface area contributed by atoms with Crippen molar-refractivity contribution in [2.24, 2.45) is 0 Å². The Hall–Kier alpha value is -3.42. The number of rotatable bonds is 6. The Labute approximate surface area is 162 Å². The van der Waals surface area contributed by atoms with Crippen LogP contribution in [0.5, 0.6) is 5.88 Å². The summed E-state index contributed by atoms with van der Waals surface area (Å²) in [5.74, 6) is 2.06. The summed E-state index contributed by atoms with van der Waals surface area (Å²) in [6.45, 7) is 0. The Kier molecular flexibility index (Phi) is 5.18. The Morgan fingerprint density at radius 2 is 1.75 bits per heavy atom. The standard InChI is InChI=1S/C20H22N6O2/c1-28-19-13-22-18(12-23-19)25-15-6-5-14(10-15)24-17-8-7-16(11-21-17)26-9-3-2-4-20(26)27/h2-4,7-9,11-15H,5-6,10H2,1H3,(H,21,24)(H,22,25)/t14-,15-/m0/s1. The first-order valence-corrected chi connectivity index (χ1v) is 9.24. The van der Waals surface area contributed by atoms with Crippen LogP contribution in [0.1, 0.15) is 19.3 Å². The highest BCUT2D eigenvalue weighted by Gasteiger charge is 2.25. The van der Waals surface area contributed by atoms with E-state index >= 15 is 0 Å². The number of anilines is 2. The lowest BCUT2D eigenvalue weighted by atomic mass is 10.2. The lowest BCUT2D eigenvalue weighted by Crippen LogP contribution is -2.21. The van der Waals surface area contributed by atoms with Gasteiger partial charge in [-0.15, -0.1) is 0 Å². The third-order valence-electron chi connectivity index (χ3n) is 4.82. The highest BCUT2D eigenvalue weighted by Crippen LogP contribution is 2.25. The van der Waals surface area contributed by atoms with Crippen molar-refractivity contribution in [3.8, 4) is 11.6 Å². The fourth-order valence-electron chi connectivity index (χ4n) is 3.41. The first-order chi connectivity index (χ1) is 13.7. The van der Waals surface area contributed by atoms with E-state index in [4.69, 9.17) is 4.74 Å². The molecule has 0 amide bonds. The van der Waals surface area contributed by atoms with Crippen molar-refractivity contribution in [3.05, 3.63) is 65.5 Å². The molecule has 8 heteroatoms. The van der Waals surface area contributed by atoms with Crippen LogP contribution in [0.15, 0.2) is 59.9 Å². The molecule has 4 rings (SSSR count). The van der Waals surface area contributed by atoms with E-state index in [-0.39, 0.29) is 5.56 Å². The Morgan fingerprint density at radius 3 is 2.39 bits per heavy atom. The molecule has 2 atom stereocenters. The highest BCUT2D eigenvalue weighted by molar-refractivity contribution is 5.42. The minimum atomic E-state index is -0.0728. The van der Waals surface area contributed by atoms with E-state index in [1.165, 1.54) is 6.07 Å². The number of hydrogen-bond acceptors (Lipinski definition) is 7. The summed E-state index contributed by atoms with van der Waals surface area (Å²) in [7, 11) is 1.57. The predicted octanol–water partition coefficient (Wildman–Crippen LogP) is 2.48. The summed E-state index contributed by atoms with van der Waals surface area (Å²) in [5, 5.41) is 6.89. The van der Waals surface area contributed by atoms with Gasteiger partial charge in [0.2, 0.25) is 5.88 Å². The summed E-state index contributed by atoms with van der Waals surface area (Å²) < 4.78 is 6.60. The van der Waals surface area contributed by atoms with Crippen LogP contribution >= 0.6 is 0 Å². The molecule has 0 unspecified atom stereocenters. The minimum absolute atomic E-state index is 0.0728. The van der Waals surface area contributed by atoms with Gasteiger partial charge in [-0.3, -0.25) is 9.36 Å².